The van der Waals surface area contributed by atoms with Crippen LogP contribution in [0.5, 0.6) is 0 Å². The number of hydrogen-bond acceptors (Lipinski definition) is 2. The van der Waals surface area contributed by atoms with Gasteiger partial charge in [0.25, 0.3) is 0 Å². The first-order valence-electron chi connectivity index (χ1n) is 4.43. The molecule has 0 aromatic heterocycles. The molecule has 0 bridgehead atoms. The van der Waals surface area contributed by atoms with Gasteiger partial charge in [-0.15, -0.1) is 0 Å². The number of hydrogen-bond donors (Lipinski definition) is 0. The number of benzene rings is 1. The first kappa shape index (κ1) is 8.30. The fourth-order valence-electron chi connectivity index (χ4n) is 1.61. The van der Waals surface area contributed by atoms with E-state index in [1.165, 1.54) is 16.7 Å². The second-order valence-electron chi connectivity index (χ2n) is 3.41. The van der Waals surface area contributed by atoms with Gasteiger partial charge < -0.3 is 4.84 Å². The second kappa shape index (κ2) is 3.21. The number of aryl methyl sites for hydroxylation is 2. The van der Waals surface area contributed by atoms with Gasteiger partial charge in [-0.25, -0.2) is 0 Å². The average molecular weight is 174 g/mol. The third-order valence-electron chi connectivity index (χ3n) is 2.29. The summed E-state index contributed by atoms with van der Waals surface area (Å²) >= 11 is 0. The summed E-state index contributed by atoms with van der Waals surface area (Å²) in [6, 6.07) is 6.37. The van der Waals surface area contributed by atoms with Gasteiger partial charge in [0.15, 0.2) is 6.10 Å². The molecule has 1 radical (unpaired) electrons. The van der Waals surface area contributed by atoms with E-state index in [1.54, 1.807) is 0 Å². The molecule has 0 N–H and O–H groups in total. The number of nitrogens with zero attached hydrogens (tertiary/aromatic N) is 1. The summed E-state index contributed by atoms with van der Waals surface area (Å²) in [5, 5.41) is 3.65. The first-order chi connectivity index (χ1) is 6.27. The van der Waals surface area contributed by atoms with E-state index in [-0.39, 0.29) is 6.10 Å². The van der Waals surface area contributed by atoms with Gasteiger partial charge in [0.1, 0.15) is 6.21 Å². The van der Waals surface area contributed by atoms with E-state index in [9.17, 15) is 0 Å². The molecule has 2 heteroatoms. The molecule has 0 saturated heterocycles. The maximum Gasteiger partial charge on any atom is 0.158 e. The molecule has 0 amide bonds. The predicted octanol–water partition coefficient (Wildman–Crippen LogP) is 2.63. The summed E-state index contributed by atoms with van der Waals surface area (Å²) in [4.78, 5) is 5.17. The van der Waals surface area contributed by atoms with E-state index < -0.39 is 0 Å². The zero-order valence-corrected chi connectivity index (χ0v) is 7.87. The van der Waals surface area contributed by atoms with Gasteiger partial charge in [-0.1, -0.05) is 28.9 Å². The van der Waals surface area contributed by atoms with Crippen molar-refractivity contribution in [2.75, 3.05) is 0 Å². The van der Waals surface area contributed by atoms with Crippen LogP contribution in [0.4, 0.5) is 0 Å². The minimum atomic E-state index is 0.0839. The summed E-state index contributed by atoms with van der Waals surface area (Å²) in [6.45, 7) is 4.19. The summed E-state index contributed by atoms with van der Waals surface area (Å²) in [5.74, 6) is 0. The van der Waals surface area contributed by atoms with Gasteiger partial charge in [-0.3, -0.25) is 0 Å². The lowest BCUT2D eigenvalue weighted by Crippen LogP contribution is -1.98. The van der Waals surface area contributed by atoms with Gasteiger partial charge in [0, 0.05) is 6.42 Å². The summed E-state index contributed by atoms with van der Waals surface area (Å²) in [7, 11) is 0. The molecular weight excluding hydrogens is 162 g/mol. The lowest BCUT2D eigenvalue weighted by molar-refractivity contribution is 0.0853. The van der Waals surface area contributed by atoms with Crippen LogP contribution in [0.1, 0.15) is 29.2 Å². The van der Waals surface area contributed by atoms with Crippen molar-refractivity contribution in [3.63, 3.8) is 0 Å². The zero-order valence-electron chi connectivity index (χ0n) is 7.87. The third-order valence-corrected chi connectivity index (χ3v) is 2.29. The first-order valence-corrected chi connectivity index (χ1v) is 4.43. The van der Waals surface area contributed by atoms with Crippen molar-refractivity contribution in [3.05, 3.63) is 34.9 Å². The zero-order chi connectivity index (χ0) is 9.26. The smallest absolute Gasteiger partial charge is 0.158 e. The Labute approximate surface area is 78.2 Å². The van der Waals surface area contributed by atoms with Crippen LogP contribution >= 0.6 is 0 Å². The lowest BCUT2D eigenvalue weighted by Gasteiger charge is -2.11. The largest absolute Gasteiger partial charge is 0.387 e. The lowest BCUT2D eigenvalue weighted by atomic mass is 10.00. The highest BCUT2D eigenvalue weighted by atomic mass is 16.6. The highest BCUT2D eigenvalue weighted by Crippen LogP contribution is 2.27. The molecule has 1 aromatic carbocycles. The highest BCUT2D eigenvalue weighted by molar-refractivity contribution is 5.59. The minimum absolute atomic E-state index is 0.0839. The van der Waals surface area contributed by atoms with Crippen molar-refractivity contribution in [3.8, 4) is 0 Å². The molecule has 0 aliphatic carbocycles. The molecule has 2 nitrogen and oxygen atoms in total. The van der Waals surface area contributed by atoms with E-state index in [0.29, 0.717) is 0 Å². The maximum atomic E-state index is 5.17. The van der Waals surface area contributed by atoms with E-state index >= 15 is 0 Å². The molecule has 0 fully saturated rings. The van der Waals surface area contributed by atoms with Crippen LogP contribution in [0.3, 0.4) is 0 Å². The number of rotatable bonds is 1. The monoisotopic (exact) mass is 174 g/mol. The van der Waals surface area contributed by atoms with Crippen LogP contribution in [0.2, 0.25) is 0 Å². The molecule has 67 valence electrons. The molecule has 2 rings (SSSR count). The predicted molar refractivity (Wildman–Crippen MR) is 51.8 cm³/mol. The minimum Gasteiger partial charge on any atom is -0.387 e. The van der Waals surface area contributed by atoms with Gasteiger partial charge in [0.2, 0.25) is 0 Å². The van der Waals surface area contributed by atoms with Gasteiger partial charge >= 0.3 is 0 Å². The summed E-state index contributed by atoms with van der Waals surface area (Å²) in [5.41, 5.74) is 3.77. The molecule has 1 heterocycles. The van der Waals surface area contributed by atoms with Crippen molar-refractivity contribution in [2.45, 2.75) is 26.4 Å². The molecule has 0 saturated carbocycles. The van der Waals surface area contributed by atoms with E-state index in [2.05, 4.69) is 43.4 Å². The molecular formula is C11H12NO. The summed E-state index contributed by atoms with van der Waals surface area (Å²) < 4.78 is 0. The van der Waals surface area contributed by atoms with Crippen LogP contribution in [0.25, 0.3) is 0 Å². The van der Waals surface area contributed by atoms with Crippen molar-refractivity contribution in [1.29, 1.82) is 0 Å². The average Bonchev–Trinajstić information content (AvgIpc) is 2.56. The molecule has 1 aromatic rings. The van der Waals surface area contributed by atoms with Gasteiger partial charge in [-0.05, 0) is 25.0 Å². The molecule has 13 heavy (non-hydrogen) atoms. The molecule has 1 aliphatic heterocycles. The Balaban J connectivity index is 2.30. The Bertz CT molecular complexity index is 336. The van der Waals surface area contributed by atoms with Crippen molar-refractivity contribution >= 4 is 6.21 Å². The Morgan fingerprint density at radius 2 is 2.31 bits per heavy atom. The van der Waals surface area contributed by atoms with E-state index in [0.717, 1.165) is 6.42 Å². The Kier molecular flexibility index (Phi) is 2.05. The van der Waals surface area contributed by atoms with E-state index in [4.69, 9.17) is 4.84 Å². The molecule has 0 spiro atoms. The van der Waals surface area contributed by atoms with E-state index in [1.807, 2.05) is 0 Å². The maximum absolute atomic E-state index is 5.17. The van der Waals surface area contributed by atoms with Crippen molar-refractivity contribution < 1.29 is 4.84 Å². The normalized spacial score (nSPS) is 20.3. The van der Waals surface area contributed by atoms with Crippen LogP contribution in [-0.4, -0.2) is 6.21 Å². The summed E-state index contributed by atoms with van der Waals surface area (Å²) in [6.07, 6.45) is 3.67. The second-order valence-corrected chi connectivity index (χ2v) is 3.41. The molecule has 1 atom stereocenters. The fraction of sp³-hybridized carbons (Fsp3) is 0.364. The molecule has 1 aliphatic rings. The Morgan fingerprint density at radius 1 is 1.46 bits per heavy atom. The van der Waals surface area contributed by atoms with Crippen molar-refractivity contribution in [1.82, 2.24) is 0 Å². The van der Waals surface area contributed by atoms with Crippen LogP contribution in [0.15, 0.2) is 23.4 Å². The van der Waals surface area contributed by atoms with Gasteiger partial charge in [0.05, 0.1) is 0 Å². The van der Waals surface area contributed by atoms with Gasteiger partial charge in [-0.2, -0.15) is 0 Å². The SMILES string of the molecule is Cc1ccc(C2C[C]=NO2)c(C)c1. The van der Waals surface area contributed by atoms with Crippen LogP contribution in [0, 0.1) is 13.8 Å². The van der Waals surface area contributed by atoms with Crippen molar-refractivity contribution in [2.24, 2.45) is 5.16 Å². The third kappa shape index (κ3) is 1.57. The van der Waals surface area contributed by atoms with Crippen LogP contribution < -0.4 is 0 Å². The highest BCUT2D eigenvalue weighted by Gasteiger charge is 2.17. The molecule has 1 unspecified atom stereocenters. The standard InChI is InChI=1S/C11H12NO/c1-8-3-4-10(9(2)7-8)11-5-6-12-13-11/h3-4,7,11H,5H2,1-2H3. The fourth-order valence-corrected chi connectivity index (χ4v) is 1.61. The topological polar surface area (TPSA) is 21.6 Å². The van der Waals surface area contributed by atoms with Crippen LogP contribution in [-0.2, 0) is 4.84 Å². The Hall–Kier alpha value is -1.31. The Morgan fingerprint density at radius 3 is 2.92 bits per heavy atom. The quantitative estimate of drug-likeness (QED) is 0.641.